The average Bonchev–Trinajstić information content (AvgIpc) is 2.50. The Morgan fingerprint density at radius 3 is 2.48 bits per heavy atom. The molecule has 2 rings (SSSR count). The van der Waals surface area contributed by atoms with E-state index in [1.807, 2.05) is 44.2 Å². The first-order chi connectivity index (χ1) is 10.1. The highest BCUT2D eigenvalue weighted by Crippen LogP contribution is 2.25. The quantitative estimate of drug-likeness (QED) is 0.765. The Bertz CT molecular complexity index is 569. The monoisotopic (exact) mass is 285 g/mol. The maximum absolute atomic E-state index is 9.98. The lowest BCUT2D eigenvalue weighted by atomic mass is 10.0. The maximum atomic E-state index is 9.98. The van der Waals surface area contributed by atoms with Gasteiger partial charge in [0.2, 0.25) is 0 Å². The standard InChI is InChI=1S/C18H23NO2/c1-13-8-9-18(21)17(10-13)14(2)19-16(12-20)11-15-6-4-3-5-7-15/h3-10,14,16,19-21H,11-12H2,1-2H3/t14?,16-/m1/s1. The van der Waals surface area contributed by atoms with Crippen LogP contribution in [0.5, 0.6) is 5.75 Å². The topological polar surface area (TPSA) is 52.5 Å². The third-order valence-electron chi connectivity index (χ3n) is 3.68. The van der Waals surface area contributed by atoms with Crippen molar-refractivity contribution in [2.24, 2.45) is 0 Å². The number of aryl methyl sites for hydroxylation is 1. The van der Waals surface area contributed by atoms with Crippen molar-refractivity contribution in [1.82, 2.24) is 5.32 Å². The number of hydrogen-bond donors (Lipinski definition) is 3. The van der Waals surface area contributed by atoms with Crippen molar-refractivity contribution in [3.63, 3.8) is 0 Å². The van der Waals surface area contributed by atoms with Crippen LogP contribution in [-0.2, 0) is 6.42 Å². The molecular formula is C18H23NO2. The van der Waals surface area contributed by atoms with Crippen LogP contribution in [0.25, 0.3) is 0 Å². The summed E-state index contributed by atoms with van der Waals surface area (Å²) in [6, 6.07) is 15.6. The molecule has 0 amide bonds. The van der Waals surface area contributed by atoms with Crippen LogP contribution in [0.3, 0.4) is 0 Å². The molecule has 0 heterocycles. The Morgan fingerprint density at radius 1 is 1.10 bits per heavy atom. The van der Waals surface area contributed by atoms with Gasteiger partial charge in [0, 0.05) is 17.6 Å². The van der Waals surface area contributed by atoms with E-state index in [9.17, 15) is 10.2 Å². The first-order valence-electron chi connectivity index (χ1n) is 7.30. The molecule has 0 saturated carbocycles. The van der Waals surface area contributed by atoms with Crippen LogP contribution < -0.4 is 5.32 Å². The summed E-state index contributed by atoms with van der Waals surface area (Å²) in [5, 5.41) is 22.9. The minimum absolute atomic E-state index is 0.0224. The highest BCUT2D eigenvalue weighted by Gasteiger charge is 2.16. The molecule has 0 saturated heterocycles. The summed E-state index contributed by atoms with van der Waals surface area (Å²) >= 11 is 0. The Kier molecular flexibility index (Phi) is 5.37. The van der Waals surface area contributed by atoms with Crippen LogP contribution in [0.2, 0.25) is 0 Å². The zero-order valence-electron chi connectivity index (χ0n) is 12.6. The van der Waals surface area contributed by atoms with E-state index >= 15 is 0 Å². The fourth-order valence-corrected chi connectivity index (χ4v) is 2.54. The van der Waals surface area contributed by atoms with Crippen molar-refractivity contribution in [3.05, 3.63) is 65.2 Å². The molecule has 2 atom stereocenters. The first-order valence-corrected chi connectivity index (χ1v) is 7.30. The molecule has 21 heavy (non-hydrogen) atoms. The second kappa shape index (κ2) is 7.25. The van der Waals surface area contributed by atoms with Gasteiger partial charge in [0.25, 0.3) is 0 Å². The number of phenols is 1. The molecule has 0 aromatic heterocycles. The van der Waals surface area contributed by atoms with E-state index in [2.05, 4.69) is 17.4 Å². The molecular weight excluding hydrogens is 262 g/mol. The molecule has 3 nitrogen and oxygen atoms in total. The first kappa shape index (κ1) is 15.5. The van der Waals surface area contributed by atoms with E-state index < -0.39 is 0 Å². The fraction of sp³-hybridized carbons (Fsp3) is 0.333. The molecule has 0 bridgehead atoms. The lowest BCUT2D eigenvalue weighted by molar-refractivity contribution is 0.232. The summed E-state index contributed by atoms with van der Waals surface area (Å²) in [4.78, 5) is 0. The van der Waals surface area contributed by atoms with E-state index in [-0.39, 0.29) is 24.4 Å². The van der Waals surface area contributed by atoms with Gasteiger partial charge in [-0.25, -0.2) is 0 Å². The number of rotatable bonds is 6. The van der Waals surface area contributed by atoms with Crippen LogP contribution in [0.15, 0.2) is 48.5 Å². The van der Waals surface area contributed by atoms with Gasteiger partial charge in [0.1, 0.15) is 5.75 Å². The summed E-state index contributed by atoms with van der Waals surface area (Å²) in [6.07, 6.45) is 0.758. The summed E-state index contributed by atoms with van der Waals surface area (Å²) in [5.74, 6) is 0.289. The molecule has 0 fully saturated rings. The zero-order chi connectivity index (χ0) is 15.2. The Morgan fingerprint density at radius 2 is 1.81 bits per heavy atom. The molecule has 2 aromatic carbocycles. The van der Waals surface area contributed by atoms with Crippen molar-refractivity contribution in [2.75, 3.05) is 6.61 Å². The lowest BCUT2D eigenvalue weighted by Gasteiger charge is -2.23. The van der Waals surface area contributed by atoms with Gasteiger partial charge < -0.3 is 15.5 Å². The predicted molar refractivity (Wildman–Crippen MR) is 85.4 cm³/mol. The zero-order valence-corrected chi connectivity index (χ0v) is 12.6. The number of aliphatic hydroxyl groups excluding tert-OH is 1. The van der Waals surface area contributed by atoms with E-state index in [1.54, 1.807) is 6.07 Å². The summed E-state index contributed by atoms with van der Waals surface area (Å²) in [7, 11) is 0. The number of aromatic hydroxyl groups is 1. The van der Waals surface area contributed by atoms with Crippen LogP contribution >= 0.6 is 0 Å². The van der Waals surface area contributed by atoms with Crippen LogP contribution in [0.1, 0.15) is 29.7 Å². The summed E-state index contributed by atoms with van der Waals surface area (Å²) in [5.41, 5.74) is 3.16. The minimum Gasteiger partial charge on any atom is -0.508 e. The predicted octanol–water partition coefficient (Wildman–Crippen LogP) is 2.95. The normalized spacial score (nSPS) is 13.9. The molecule has 3 heteroatoms. The third-order valence-corrected chi connectivity index (χ3v) is 3.68. The molecule has 1 unspecified atom stereocenters. The third kappa shape index (κ3) is 4.31. The van der Waals surface area contributed by atoms with Gasteiger partial charge in [-0.1, -0.05) is 48.0 Å². The van der Waals surface area contributed by atoms with Crippen LogP contribution in [-0.4, -0.2) is 22.9 Å². The van der Waals surface area contributed by atoms with E-state index in [1.165, 1.54) is 5.56 Å². The molecule has 112 valence electrons. The van der Waals surface area contributed by atoms with Gasteiger partial charge in [-0.2, -0.15) is 0 Å². The van der Waals surface area contributed by atoms with Crippen molar-refractivity contribution in [3.8, 4) is 5.75 Å². The number of nitrogens with one attached hydrogen (secondary N) is 1. The Balaban J connectivity index is 2.05. The number of benzene rings is 2. The molecule has 2 aromatic rings. The van der Waals surface area contributed by atoms with Crippen molar-refractivity contribution in [2.45, 2.75) is 32.4 Å². The van der Waals surface area contributed by atoms with Gasteiger partial charge in [0.05, 0.1) is 6.61 Å². The van der Waals surface area contributed by atoms with Gasteiger partial charge in [-0.05, 0) is 31.9 Å². The lowest BCUT2D eigenvalue weighted by Crippen LogP contribution is -2.36. The van der Waals surface area contributed by atoms with Crippen LogP contribution in [0.4, 0.5) is 0 Å². The van der Waals surface area contributed by atoms with Gasteiger partial charge in [-0.3, -0.25) is 0 Å². The molecule has 0 radical (unpaired) electrons. The second-order valence-corrected chi connectivity index (χ2v) is 5.52. The van der Waals surface area contributed by atoms with Crippen molar-refractivity contribution in [1.29, 1.82) is 0 Å². The SMILES string of the molecule is Cc1ccc(O)c(C(C)N[C@@H](CO)Cc2ccccc2)c1. The van der Waals surface area contributed by atoms with Gasteiger partial charge in [0.15, 0.2) is 0 Å². The maximum Gasteiger partial charge on any atom is 0.120 e. The summed E-state index contributed by atoms with van der Waals surface area (Å²) < 4.78 is 0. The number of phenolic OH excluding ortho intramolecular Hbond substituents is 1. The van der Waals surface area contributed by atoms with Crippen molar-refractivity contribution >= 4 is 0 Å². The molecule has 0 aliphatic carbocycles. The minimum atomic E-state index is -0.0395. The van der Waals surface area contributed by atoms with Crippen LogP contribution in [0, 0.1) is 6.92 Å². The summed E-state index contributed by atoms with van der Waals surface area (Å²) in [6.45, 7) is 4.07. The smallest absolute Gasteiger partial charge is 0.120 e. The van der Waals surface area contributed by atoms with E-state index in [0.717, 1.165) is 17.5 Å². The molecule has 0 aliphatic rings. The highest BCUT2D eigenvalue weighted by atomic mass is 16.3. The number of aliphatic hydroxyl groups is 1. The second-order valence-electron chi connectivity index (χ2n) is 5.52. The molecule has 3 N–H and O–H groups in total. The van der Waals surface area contributed by atoms with Crippen molar-refractivity contribution < 1.29 is 10.2 Å². The molecule has 0 aliphatic heterocycles. The van der Waals surface area contributed by atoms with Gasteiger partial charge >= 0.3 is 0 Å². The Hall–Kier alpha value is -1.84. The average molecular weight is 285 g/mol. The number of hydrogen-bond acceptors (Lipinski definition) is 3. The van der Waals surface area contributed by atoms with E-state index in [0.29, 0.717) is 0 Å². The van der Waals surface area contributed by atoms with Gasteiger partial charge in [-0.15, -0.1) is 0 Å². The molecule has 0 spiro atoms. The largest absolute Gasteiger partial charge is 0.508 e. The van der Waals surface area contributed by atoms with E-state index in [4.69, 9.17) is 0 Å². The fourth-order valence-electron chi connectivity index (χ4n) is 2.54. The highest BCUT2D eigenvalue weighted by molar-refractivity contribution is 5.37. The Labute approximate surface area is 126 Å².